The molecule has 0 fully saturated rings. The molecule has 0 unspecified atom stereocenters. The minimum atomic E-state index is -4.15. The SMILES string of the molecule is CCc1oc(C(=O)OC)cc1S(=O)(=O)N[C@H](C(=O)O)C(C)C. The van der Waals surface area contributed by atoms with Gasteiger partial charge in [-0.25, -0.2) is 13.2 Å². The van der Waals surface area contributed by atoms with Crippen LogP contribution in [0.3, 0.4) is 0 Å². The molecule has 0 saturated heterocycles. The monoisotopic (exact) mass is 333 g/mol. The van der Waals surface area contributed by atoms with Gasteiger partial charge in [0.05, 0.1) is 7.11 Å². The average molecular weight is 333 g/mol. The zero-order valence-corrected chi connectivity index (χ0v) is 13.6. The van der Waals surface area contributed by atoms with Crippen LogP contribution >= 0.6 is 0 Å². The number of sulfonamides is 1. The van der Waals surface area contributed by atoms with Crippen LogP contribution in [0.15, 0.2) is 15.4 Å². The van der Waals surface area contributed by atoms with Crippen molar-refractivity contribution in [3.63, 3.8) is 0 Å². The number of ether oxygens (including phenoxy) is 1. The molecule has 0 aliphatic carbocycles. The Morgan fingerprint density at radius 1 is 1.41 bits per heavy atom. The third-order valence-corrected chi connectivity index (χ3v) is 4.47. The van der Waals surface area contributed by atoms with Crippen LogP contribution in [0.5, 0.6) is 0 Å². The summed E-state index contributed by atoms with van der Waals surface area (Å²) in [5, 5.41) is 9.09. The van der Waals surface area contributed by atoms with Crippen LogP contribution in [0, 0.1) is 5.92 Å². The zero-order chi connectivity index (χ0) is 17.1. The van der Waals surface area contributed by atoms with Crippen LogP contribution in [-0.2, 0) is 26.0 Å². The molecule has 22 heavy (non-hydrogen) atoms. The van der Waals surface area contributed by atoms with Crippen molar-refractivity contribution in [3.8, 4) is 0 Å². The number of hydrogen-bond donors (Lipinski definition) is 2. The van der Waals surface area contributed by atoms with E-state index >= 15 is 0 Å². The lowest BCUT2D eigenvalue weighted by Gasteiger charge is -2.17. The summed E-state index contributed by atoms with van der Waals surface area (Å²) in [4.78, 5) is 22.3. The van der Waals surface area contributed by atoms with Crippen LogP contribution in [-0.4, -0.2) is 38.6 Å². The summed E-state index contributed by atoms with van der Waals surface area (Å²) in [7, 11) is -3.00. The quantitative estimate of drug-likeness (QED) is 0.714. The number of carbonyl (C=O) groups excluding carboxylic acids is 1. The Hall–Kier alpha value is -1.87. The molecule has 0 saturated carbocycles. The number of furan rings is 1. The second-order valence-electron chi connectivity index (χ2n) is 4.92. The number of rotatable bonds is 7. The molecule has 1 aromatic rings. The highest BCUT2D eigenvalue weighted by Crippen LogP contribution is 2.23. The van der Waals surface area contributed by atoms with Crippen LogP contribution in [0.4, 0.5) is 0 Å². The van der Waals surface area contributed by atoms with Crippen molar-refractivity contribution in [1.29, 1.82) is 0 Å². The van der Waals surface area contributed by atoms with Crippen molar-refractivity contribution in [1.82, 2.24) is 4.72 Å². The van der Waals surface area contributed by atoms with Crippen LogP contribution in [0.2, 0.25) is 0 Å². The van der Waals surface area contributed by atoms with E-state index in [0.717, 1.165) is 13.2 Å². The van der Waals surface area contributed by atoms with Crippen molar-refractivity contribution in [2.24, 2.45) is 5.92 Å². The van der Waals surface area contributed by atoms with Crippen molar-refractivity contribution in [2.75, 3.05) is 7.11 Å². The van der Waals surface area contributed by atoms with Gasteiger partial charge in [-0.3, -0.25) is 4.79 Å². The minimum Gasteiger partial charge on any atom is -0.480 e. The average Bonchev–Trinajstić information content (AvgIpc) is 2.88. The molecule has 9 heteroatoms. The summed E-state index contributed by atoms with van der Waals surface area (Å²) in [5.74, 6) is -2.75. The summed E-state index contributed by atoms with van der Waals surface area (Å²) < 4.78 is 36.5. The third kappa shape index (κ3) is 3.86. The molecule has 0 aromatic carbocycles. The van der Waals surface area contributed by atoms with Gasteiger partial charge >= 0.3 is 11.9 Å². The Bertz CT molecular complexity index is 660. The molecule has 0 aliphatic heterocycles. The molecule has 1 rings (SSSR count). The Morgan fingerprint density at radius 3 is 2.41 bits per heavy atom. The summed E-state index contributed by atoms with van der Waals surface area (Å²) in [6, 6.07) is -0.252. The van der Waals surface area contributed by atoms with Gasteiger partial charge in [0.15, 0.2) is 0 Å². The number of aliphatic carboxylic acids is 1. The highest BCUT2D eigenvalue weighted by molar-refractivity contribution is 7.89. The van der Waals surface area contributed by atoms with Crippen molar-refractivity contribution < 1.29 is 32.3 Å². The van der Waals surface area contributed by atoms with Crippen molar-refractivity contribution >= 4 is 22.0 Å². The standard InChI is InChI=1S/C13H19NO7S/c1-5-8-10(6-9(21-8)13(17)20-4)22(18,19)14-11(7(2)3)12(15)16/h6-7,11,14H,5H2,1-4H3,(H,15,16)/t11-/m0/s1. The normalized spacial score (nSPS) is 13.1. The number of hydrogen-bond acceptors (Lipinski definition) is 6. The molecule has 1 aromatic heterocycles. The largest absolute Gasteiger partial charge is 0.480 e. The van der Waals surface area contributed by atoms with E-state index in [2.05, 4.69) is 9.46 Å². The predicted octanol–water partition coefficient (Wildman–Crippen LogP) is 1.02. The molecule has 8 nitrogen and oxygen atoms in total. The number of carboxylic acids is 1. The Kier molecular flexibility index (Phi) is 5.72. The summed E-state index contributed by atoms with van der Waals surface area (Å²) in [5.41, 5.74) is 0. The van der Waals surface area contributed by atoms with E-state index in [4.69, 9.17) is 9.52 Å². The molecular weight excluding hydrogens is 314 g/mol. The minimum absolute atomic E-state index is 0.0563. The number of nitrogens with one attached hydrogen (secondary N) is 1. The Morgan fingerprint density at radius 2 is 2.00 bits per heavy atom. The first-order valence-electron chi connectivity index (χ1n) is 6.60. The van der Waals surface area contributed by atoms with Gasteiger partial charge < -0.3 is 14.3 Å². The highest BCUT2D eigenvalue weighted by Gasteiger charge is 2.31. The van der Waals surface area contributed by atoms with Crippen LogP contribution < -0.4 is 4.72 Å². The Labute approximate surface area is 128 Å². The van der Waals surface area contributed by atoms with Gasteiger partial charge in [-0.05, 0) is 5.92 Å². The number of carbonyl (C=O) groups is 2. The molecule has 0 spiro atoms. The van der Waals surface area contributed by atoms with E-state index in [9.17, 15) is 18.0 Å². The fourth-order valence-corrected chi connectivity index (χ4v) is 3.37. The Balaban J connectivity index is 3.25. The second-order valence-corrected chi connectivity index (χ2v) is 6.61. The van der Waals surface area contributed by atoms with E-state index in [0.29, 0.717) is 0 Å². The van der Waals surface area contributed by atoms with E-state index in [-0.39, 0.29) is 22.8 Å². The summed E-state index contributed by atoms with van der Waals surface area (Å²) >= 11 is 0. The van der Waals surface area contributed by atoms with Gasteiger partial charge in [0.25, 0.3) is 0 Å². The number of aryl methyl sites for hydroxylation is 1. The predicted molar refractivity (Wildman–Crippen MR) is 76.0 cm³/mol. The lowest BCUT2D eigenvalue weighted by Crippen LogP contribution is -2.44. The third-order valence-electron chi connectivity index (χ3n) is 2.98. The van der Waals surface area contributed by atoms with Gasteiger partial charge in [-0.2, -0.15) is 4.72 Å². The first-order valence-corrected chi connectivity index (χ1v) is 8.08. The van der Waals surface area contributed by atoms with E-state index in [1.165, 1.54) is 0 Å². The fraction of sp³-hybridized carbons (Fsp3) is 0.538. The van der Waals surface area contributed by atoms with Crippen LogP contribution in [0.25, 0.3) is 0 Å². The van der Waals surface area contributed by atoms with E-state index in [1.807, 2.05) is 0 Å². The zero-order valence-electron chi connectivity index (χ0n) is 12.7. The first kappa shape index (κ1) is 18.2. The molecule has 0 aliphatic rings. The number of esters is 1. The maximum absolute atomic E-state index is 12.4. The molecule has 1 heterocycles. The topological polar surface area (TPSA) is 123 Å². The molecule has 0 radical (unpaired) electrons. The van der Waals surface area contributed by atoms with Gasteiger partial charge in [0.2, 0.25) is 15.8 Å². The first-order chi connectivity index (χ1) is 10.1. The summed E-state index contributed by atoms with van der Waals surface area (Å²) in [6.45, 7) is 4.81. The van der Waals surface area contributed by atoms with Gasteiger partial charge in [0.1, 0.15) is 16.7 Å². The smallest absolute Gasteiger partial charge is 0.373 e. The maximum Gasteiger partial charge on any atom is 0.373 e. The molecule has 2 N–H and O–H groups in total. The lowest BCUT2D eigenvalue weighted by atomic mass is 10.1. The summed E-state index contributed by atoms with van der Waals surface area (Å²) in [6.07, 6.45) is 0.215. The molecule has 124 valence electrons. The molecule has 0 bridgehead atoms. The molecule has 0 amide bonds. The number of methoxy groups -OCH3 is 1. The van der Waals surface area contributed by atoms with E-state index in [1.54, 1.807) is 20.8 Å². The van der Waals surface area contributed by atoms with Crippen molar-refractivity contribution in [2.45, 2.75) is 38.1 Å². The highest BCUT2D eigenvalue weighted by atomic mass is 32.2. The number of carboxylic acid groups (broad SMARTS) is 1. The fourth-order valence-electron chi connectivity index (χ4n) is 1.79. The lowest BCUT2D eigenvalue weighted by molar-refractivity contribution is -0.140. The van der Waals surface area contributed by atoms with Gasteiger partial charge in [0, 0.05) is 12.5 Å². The maximum atomic E-state index is 12.4. The second kappa shape index (κ2) is 6.93. The van der Waals surface area contributed by atoms with Crippen molar-refractivity contribution in [3.05, 3.63) is 17.6 Å². The van der Waals surface area contributed by atoms with E-state index < -0.39 is 33.9 Å². The molecular formula is C13H19NO7S. The van der Waals surface area contributed by atoms with Crippen LogP contribution in [0.1, 0.15) is 37.1 Å². The molecule has 1 atom stereocenters. The van der Waals surface area contributed by atoms with Gasteiger partial charge in [-0.15, -0.1) is 0 Å². The van der Waals surface area contributed by atoms with Gasteiger partial charge in [-0.1, -0.05) is 20.8 Å².